The van der Waals surface area contributed by atoms with Gasteiger partial charge >= 0.3 is 6.03 Å². The molecule has 9 nitrogen and oxygen atoms in total. The Morgan fingerprint density at radius 2 is 1.68 bits per heavy atom. The molecule has 0 bridgehead atoms. The average molecular weight is 616 g/mol. The minimum atomic E-state index is -3.78. The van der Waals surface area contributed by atoms with Crippen LogP contribution in [0.4, 0.5) is 16.3 Å². The highest BCUT2D eigenvalue weighted by Gasteiger charge is 2.37. The molecule has 1 fully saturated rings. The Bertz CT molecular complexity index is 1720. The van der Waals surface area contributed by atoms with Crippen LogP contribution < -0.4 is 20.7 Å². The third-order valence-electron chi connectivity index (χ3n) is 7.99. The molecule has 1 saturated heterocycles. The van der Waals surface area contributed by atoms with Gasteiger partial charge in [0.1, 0.15) is 11.6 Å². The summed E-state index contributed by atoms with van der Waals surface area (Å²) >= 11 is 0. The Balaban J connectivity index is 1.44. The van der Waals surface area contributed by atoms with Gasteiger partial charge in [-0.2, -0.15) is 5.10 Å². The number of amides is 2. The molecular formula is C34H41N5O4S. The van der Waals surface area contributed by atoms with Gasteiger partial charge < -0.3 is 15.4 Å². The molecule has 1 unspecified atom stereocenters. The van der Waals surface area contributed by atoms with E-state index in [0.717, 1.165) is 42.9 Å². The fraction of sp³-hybridized carbons (Fsp3) is 0.353. The van der Waals surface area contributed by atoms with E-state index in [-0.39, 0.29) is 16.2 Å². The summed E-state index contributed by atoms with van der Waals surface area (Å²) in [4.78, 5) is 13.6. The monoisotopic (exact) mass is 615 g/mol. The highest BCUT2D eigenvalue weighted by Crippen LogP contribution is 2.40. The summed E-state index contributed by atoms with van der Waals surface area (Å²) in [5, 5.41) is 13.2. The van der Waals surface area contributed by atoms with Crippen LogP contribution in [0.3, 0.4) is 0 Å². The molecule has 1 aliphatic heterocycles. The molecule has 1 atom stereocenters. The number of aromatic nitrogens is 2. The van der Waals surface area contributed by atoms with Gasteiger partial charge in [0.2, 0.25) is 0 Å². The maximum absolute atomic E-state index is 14.2. The van der Waals surface area contributed by atoms with E-state index >= 15 is 0 Å². The normalized spacial score (nSPS) is 15.0. The average Bonchev–Trinajstić information content (AvgIpc) is 3.42. The van der Waals surface area contributed by atoms with Crippen molar-refractivity contribution in [3.05, 3.63) is 95.7 Å². The van der Waals surface area contributed by atoms with Crippen LogP contribution in [0.1, 0.15) is 55.7 Å². The molecule has 1 aliphatic rings. The second kappa shape index (κ2) is 12.8. The maximum atomic E-state index is 14.2. The number of aryl methyl sites for hydroxylation is 1. The third kappa shape index (κ3) is 6.97. The lowest BCUT2D eigenvalue weighted by Crippen LogP contribution is -2.33. The molecule has 0 saturated carbocycles. The molecule has 232 valence electrons. The molecule has 3 aromatic carbocycles. The molecule has 0 spiro atoms. The van der Waals surface area contributed by atoms with E-state index in [9.17, 15) is 13.2 Å². The second-order valence-corrected chi connectivity index (χ2v) is 14.4. The topological polar surface area (TPSA) is 114 Å². The summed E-state index contributed by atoms with van der Waals surface area (Å²) in [6, 6.07) is 23.1. The number of carbonyl (C=O) groups excluding carboxylic acids is 1. The van der Waals surface area contributed by atoms with Gasteiger partial charge in [0, 0.05) is 17.2 Å². The Hall–Kier alpha value is -4.15. The third-order valence-corrected chi connectivity index (χ3v) is 10.2. The van der Waals surface area contributed by atoms with Crippen LogP contribution in [0.5, 0.6) is 5.75 Å². The van der Waals surface area contributed by atoms with Crippen LogP contribution >= 0.6 is 0 Å². The van der Waals surface area contributed by atoms with Gasteiger partial charge in [-0.15, -0.1) is 0 Å². The van der Waals surface area contributed by atoms with Crippen molar-refractivity contribution >= 4 is 27.4 Å². The molecule has 2 amide bonds. The molecule has 0 aliphatic carbocycles. The number of carbonyl (C=O) groups is 1. The van der Waals surface area contributed by atoms with Crippen molar-refractivity contribution in [3.63, 3.8) is 0 Å². The molecule has 10 heteroatoms. The molecule has 5 rings (SSSR count). The van der Waals surface area contributed by atoms with E-state index in [1.54, 1.807) is 47.1 Å². The standard InChI is InChI=1S/C34H41N5O4S/c1-23-12-14-27(15-13-23)39-31(22-30(38-39)34(2,3)4)37-33(40)36-26-9-6-8-25(20-26)32(24-16-18-35-19-17-24)44(41,42)29-11-7-10-28(21-29)43-5/h6-15,20-22,24,32,35H,16-19H2,1-5H3,(H2,36,37,40). The van der Waals surface area contributed by atoms with Crippen LogP contribution in [0.15, 0.2) is 83.8 Å². The predicted octanol–water partition coefficient (Wildman–Crippen LogP) is 6.65. The van der Waals surface area contributed by atoms with Gasteiger partial charge in [0.05, 0.1) is 28.6 Å². The van der Waals surface area contributed by atoms with Crippen LogP contribution in [0.2, 0.25) is 0 Å². The molecule has 2 heterocycles. The van der Waals surface area contributed by atoms with E-state index in [4.69, 9.17) is 9.84 Å². The Morgan fingerprint density at radius 1 is 0.977 bits per heavy atom. The van der Waals surface area contributed by atoms with E-state index < -0.39 is 21.1 Å². The first kappa shape index (κ1) is 31.3. The molecular weight excluding hydrogens is 574 g/mol. The van der Waals surface area contributed by atoms with Crippen molar-refractivity contribution in [2.45, 2.75) is 56.1 Å². The van der Waals surface area contributed by atoms with Gasteiger partial charge in [0.15, 0.2) is 9.84 Å². The SMILES string of the molecule is COc1cccc(S(=O)(=O)C(c2cccc(NC(=O)Nc3cc(C(C)(C)C)nn3-c3ccc(C)cc3)c2)C2CCNCC2)c1. The van der Waals surface area contributed by atoms with Crippen LogP contribution in [-0.2, 0) is 15.3 Å². The number of benzene rings is 3. The number of nitrogens with zero attached hydrogens (tertiary/aromatic N) is 2. The summed E-state index contributed by atoms with van der Waals surface area (Å²) in [7, 11) is -2.26. The van der Waals surface area contributed by atoms with Crippen LogP contribution in [0, 0.1) is 12.8 Å². The van der Waals surface area contributed by atoms with Crippen molar-refractivity contribution in [1.29, 1.82) is 0 Å². The van der Waals surface area contributed by atoms with Crippen molar-refractivity contribution in [1.82, 2.24) is 15.1 Å². The van der Waals surface area contributed by atoms with Gasteiger partial charge in [-0.1, -0.05) is 56.7 Å². The summed E-state index contributed by atoms with van der Waals surface area (Å²) < 4.78 is 35.4. The Labute approximate surface area is 259 Å². The fourth-order valence-corrected chi connectivity index (χ4v) is 7.69. The summed E-state index contributed by atoms with van der Waals surface area (Å²) in [6.45, 7) is 9.74. The first-order valence-electron chi connectivity index (χ1n) is 14.9. The predicted molar refractivity (Wildman–Crippen MR) is 175 cm³/mol. The molecule has 1 aromatic heterocycles. The van der Waals surface area contributed by atoms with Gasteiger partial charge in [-0.25, -0.2) is 17.9 Å². The summed E-state index contributed by atoms with van der Waals surface area (Å²) in [5.74, 6) is 0.929. The zero-order chi connectivity index (χ0) is 31.5. The minimum Gasteiger partial charge on any atom is -0.497 e. The van der Waals surface area contributed by atoms with Crippen molar-refractivity contribution in [3.8, 4) is 11.4 Å². The van der Waals surface area contributed by atoms with E-state index in [1.165, 1.54) is 7.11 Å². The van der Waals surface area contributed by atoms with Crippen molar-refractivity contribution in [2.75, 3.05) is 30.8 Å². The number of rotatable bonds is 8. The van der Waals surface area contributed by atoms with E-state index in [1.807, 2.05) is 43.3 Å². The van der Waals surface area contributed by atoms with E-state index in [0.29, 0.717) is 22.8 Å². The maximum Gasteiger partial charge on any atom is 0.324 e. The lowest BCUT2D eigenvalue weighted by molar-refractivity contribution is 0.262. The number of nitrogens with one attached hydrogen (secondary N) is 3. The molecule has 4 aromatic rings. The second-order valence-electron chi connectivity index (χ2n) is 12.3. The van der Waals surface area contributed by atoms with Gasteiger partial charge in [-0.3, -0.25) is 5.32 Å². The van der Waals surface area contributed by atoms with E-state index in [2.05, 4.69) is 36.7 Å². The Kier molecular flexibility index (Phi) is 9.12. The van der Waals surface area contributed by atoms with Crippen LogP contribution in [-0.4, -0.2) is 44.4 Å². The first-order valence-corrected chi connectivity index (χ1v) is 16.4. The van der Waals surface area contributed by atoms with Crippen molar-refractivity contribution in [2.24, 2.45) is 5.92 Å². The first-order chi connectivity index (χ1) is 21.0. The number of ether oxygens (including phenoxy) is 1. The van der Waals surface area contributed by atoms with Crippen molar-refractivity contribution < 1.29 is 17.9 Å². The number of sulfone groups is 1. The number of anilines is 2. The largest absolute Gasteiger partial charge is 0.497 e. The number of urea groups is 1. The number of piperidine rings is 1. The Morgan fingerprint density at radius 3 is 2.36 bits per heavy atom. The highest BCUT2D eigenvalue weighted by molar-refractivity contribution is 7.91. The number of hydrogen-bond acceptors (Lipinski definition) is 6. The highest BCUT2D eigenvalue weighted by atomic mass is 32.2. The number of hydrogen-bond donors (Lipinski definition) is 3. The molecule has 44 heavy (non-hydrogen) atoms. The lowest BCUT2D eigenvalue weighted by Gasteiger charge is -2.31. The van der Waals surface area contributed by atoms with Crippen LogP contribution in [0.25, 0.3) is 5.69 Å². The fourth-order valence-electron chi connectivity index (χ4n) is 5.57. The smallest absolute Gasteiger partial charge is 0.324 e. The van der Waals surface area contributed by atoms with Gasteiger partial charge in [0.25, 0.3) is 0 Å². The van der Waals surface area contributed by atoms with Gasteiger partial charge in [-0.05, 0) is 86.8 Å². The number of methoxy groups -OCH3 is 1. The quantitative estimate of drug-likeness (QED) is 0.205. The zero-order valence-corrected chi connectivity index (χ0v) is 26.7. The minimum absolute atomic E-state index is 0.0868. The zero-order valence-electron chi connectivity index (χ0n) is 25.9. The lowest BCUT2D eigenvalue weighted by atomic mass is 9.90. The molecule has 3 N–H and O–H groups in total. The molecule has 0 radical (unpaired) electrons. The summed E-state index contributed by atoms with van der Waals surface area (Å²) in [6.07, 6.45) is 1.45. The summed E-state index contributed by atoms with van der Waals surface area (Å²) in [5.41, 5.74) is 3.70.